The van der Waals surface area contributed by atoms with E-state index >= 15 is 0 Å². The molecular formula is C14H18N2O4. The number of nitrogens with one attached hydrogen (secondary N) is 1. The van der Waals surface area contributed by atoms with Gasteiger partial charge in [-0.05, 0) is 25.0 Å². The van der Waals surface area contributed by atoms with Crippen LogP contribution in [0, 0.1) is 0 Å². The Balaban J connectivity index is 1.89. The van der Waals surface area contributed by atoms with Crippen molar-refractivity contribution in [1.29, 1.82) is 0 Å². The fourth-order valence-electron chi connectivity index (χ4n) is 2.36. The van der Waals surface area contributed by atoms with Crippen molar-refractivity contribution in [2.75, 3.05) is 13.1 Å². The average Bonchev–Trinajstić information content (AvgIpc) is 3.09. The number of ketones is 1. The van der Waals surface area contributed by atoms with Gasteiger partial charge in [-0.3, -0.25) is 14.4 Å². The van der Waals surface area contributed by atoms with E-state index in [4.69, 9.17) is 4.42 Å². The van der Waals surface area contributed by atoms with Gasteiger partial charge < -0.3 is 14.6 Å². The maximum Gasteiger partial charge on any atom is 0.243 e. The number of carbonyl (C=O) groups excluding carboxylic acids is 3. The number of hydrogen-bond donors (Lipinski definition) is 1. The number of Topliss-reactive ketones (excluding diaryl/α,β-unsaturated/α-hetero) is 1. The number of amides is 2. The number of carbonyl (C=O) groups is 3. The molecule has 20 heavy (non-hydrogen) atoms. The normalized spacial score (nSPS) is 16.2. The summed E-state index contributed by atoms with van der Waals surface area (Å²) in [6, 6.07) is 2.68. The van der Waals surface area contributed by atoms with E-state index in [-0.39, 0.29) is 29.9 Å². The van der Waals surface area contributed by atoms with E-state index < -0.39 is 6.04 Å². The minimum absolute atomic E-state index is 0.00404. The first kappa shape index (κ1) is 14.3. The van der Waals surface area contributed by atoms with Gasteiger partial charge in [0.15, 0.2) is 5.76 Å². The maximum absolute atomic E-state index is 12.1. The maximum atomic E-state index is 12.1. The number of nitrogens with zero attached hydrogens (tertiary/aromatic N) is 1. The van der Waals surface area contributed by atoms with Gasteiger partial charge in [-0.15, -0.1) is 0 Å². The van der Waals surface area contributed by atoms with Gasteiger partial charge in [0.25, 0.3) is 0 Å². The molecule has 2 heterocycles. The third kappa shape index (κ3) is 3.07. The Morgan fingerprint density at radius 1 is 1.50 bits per heavy atom. The molecular weight excluding hydrogens is 260 g/mol. The SMILES string of the molecule is CC[C@H](C(=O)NCC(=O)c1ccco1)N1CCCC1=O. The zero-order chi connectivity index (χ0) is 14.5. The molecule has 2 amide bonds. The van der Waals surface area contributed by atoms with Gasteiger partial charge >= 0.3 is 0 Å². The zero-order valence-electron chi connectivity index (χ0n) is 11.4. The minimum atomic E-state index is -0.491. The summed E-state index contributed by atoms with van der Waals surface area (Å²) in [7, 11) is 0. The highest BCUT2D eigenvalue weighted by Crippen LogP contribution is 2.15. The minimum Gasteiger partial charge on any atom is -0.461 e. The summed E-state index contributed by atoms with van der Waals surface area (Å²) in [6.07, 6.45) is 3.22. The van der Waals surface area contributed by atoms with Gasteiger partial charge in [0.1, 0.15) is 6.04 Å². The van der Waals surface area contributed by atoms with Crippen LogP contribution >= 0.6 is 0 Å². The number of likely N-dealkylation sites (tertiary alicyclic amines) is 1. The number of hydrogen-bond acceptors (Lipinski definition) is 4. The molecule has 1 atom stereocenters. The molecule has 0 aromatic carbocycles. The second-order valence-corrected chi connectivity index (χ2v) is 4.73. The summed E-state index contributed by atoms with van der Waals surface area (Å²) >= 11 is 0. The molecule has 0 saturated carbocycles. The smallest absolute Gasteiger partial charge is 0.243 e. The van der Waals surface area contributed by atoms with E-state index in [1.54, 1.807) is 17.0 Å². The Kier molecular flexibility index (Phi) is 4.55. The van der Waals surface area contributed by atoms with Crippen molar-refractivity contribution < 1.29 is 18.8 Å². The quantitative estimate of drug-likeness (QED) is 0.787. The molecule has 0 unspecified atom stereocenters. The Labute approximate surface area is 117 Å². The highest BCUT2D eigenvalue weighted by Gasteiger charge is 2.31. The van der Waals surface area contributed by atoms with Crippen molar-refractivity contribution in [3.8, 4) is 0 Å². The molecule has 1 fully saturated rings. The number of furan rings is 1. The molecule has 1 aromatic heterocycles. The Bertz CT molecular complexity index is 495. The summed E-state index contributed by atoms with van der Waals surface area (Å²) in [5, 5.41) is 2.58. The van der Waals surface area contributed by atoms with E-state index in [1.807, 2.05) is 6.92 Å². The predicted octanol–water partition coefficient (Wildman–Crippen LogP) is 0.980. The van der Waals surface area contributed by atoms with Gasteiger partial charge in [0.05, 0.1) is 12.8 Å². The van der Waals surface area contributed by atoms with E-state index in [0.29, 0.717) is 19.4 Å². The van der Waals surface area contributed by atoms with Crippen molar-refractivity contribution in [3.05, 3.63) is 24.2 Å². The van der Waals surface area contributed by atoms with E-state index in [0.717, 1.165) is 6.42 Å². The zero-order valence-corrected chi connectivity index (χ0v) is 11.4. The number of rotatable bonds is 6. The van der Waals surface area contributed by atoms with Crippen LogP contribution in [0.2, 0.25) is 0 Å². The topological polar surface area (TPSA) is 79.6 Å². The van der Waals surface area contributed by atoms with Crippen LogP contribution in [-0.2, 0) is 9.59 Å². The molecule has 1 saturated heterocycles. The van der Waals surface area contributed by atoms with Crippen molar-refractivity contribution >= 4 is 17.6 Å². The lowest BCUT2D eigenvalue weighted by atomic mass is 10.1. The summed E-state index contributed by atoms with van der Waals surface area (Å²) in [6.45, 7) is 2.34. The van der Waals surface area contributed by atoms with Crippen LogP contribution in [0.1, 0.15) is 36.7 Å². The van der Waals surface area contributed by atoms with Gasteiger partial charge in [0, 0.05) is 13.0 Å². The second kappa shape index (κ2) is 6.36. The third-order valence-electron chi connectivity index (χ3n) is 3.39. The van der Waals surface area contributed by atoms with Crippen LogP contribution in [0.25, 0.3) is 0 Å². The van der Waals surface area contributed by atoms with Crippen LogP contribution < -0.4 is 5.32 Å². The van der Waals surface area contributed by atoms with E-state index in [2.05, 4.69) is 5.32 Å². The molecule has 6 heteroatoms. The standard InChI is InChI=1S/C14H18N2O4/c1-2-10(16-7-3-6-13(16)18)14(19)15-9-11(17)12-5-4-8-20-12/h4-5,8,10H,2-3,6-7,9H2,1H3,(H,15,19)/t10-/m1/s1. The summed E-state index contributed by atoms with van der Waals surface area (Å²) < 4.78 is 4.97. The van der Waals surface area contributed by atoms with Crippen molar-refractivity contribution in [2.24, 2.45) is 0 Å². The molecule has 0 radical (unpaired) electrons. The lowest BCUT2D eigenvalue weighted by Crippen LogP contribution is -2.48. The molecule has 0 spiro atoms. The Morgan fingerprint density at radius 2 is 2.30 bits per heavy atom. The highest BCUT2D eigenvalue weighted by atomic mass is 16.3. The second-order valence-electron chi connectivity index (χ2n) is 4.73. The lowest BCUT2D eigenvalue weighted by Gasteiger charge is -2.25. The molecule has 6 nitrogen and oxygen atoms in total. The van der Waals surface area contributed by atoms with Crippen LogP contribution in [0.3, 0.4) is 0 Å². The van der Waals surface area contributed by atoms with E-state index in [9.17, 15) is 14.4 Å². The molecule has 0 bridgehead atoms. The molecule has 1 aromatic rings. The van der Waals surface area contributed by atoms with Crippen molar-refractivity contribution in [1.82, 2.24) is 10.2 Å². The summed E-state index contributed by atoms with van der Waals surface area (Å²) in [4.78, 5) is 37.1. The summed E-state index contributed by atoms with van der Waals surface area (Å²) in [5.74, 6) is -0.353. The lowest BCUT2D eigenvalue weighted by molar-refractivity contribution is -0.137. The summed E-state index contributed by atoms with van der Waals surface area (Å²) in [5.41, 5.74) is 0. The molecule has 0 aliphatic carbocycles. The molecule has 108 valence electrons. The highest BCUT2D eigenvalue weighted by molar-refractivity contribution is 5.98. The van der Waals surface area contributed by atoms with Gasteiger partial charge in [0.2, 0.25) is 17.6 Å². The van der Waals surface area contributed by atoms with E-state index in [1.165, 1.54) is 6.26 Å². The van der Waals surface area contributed by atoms with Crippen LogP contribution in [-0.4, -0.2) is 41.6 Å². The van der Waals surface area contributed by atoms with Gasteiger partial charge in [-0.25, -0.2) is 0 Å². The first-order valence-corrected chi connectivity index (χ1v) is 6.77. The van der Waals surface area contributed by atoms with Crippen LogP contribution in [0.5, 0.6) is 0 Å². The predicted molar refractivity (Wildman–Crippen MR) is 71.1 cm³/mol. The Hall–Kier alpha value is -2.11. The Morgan fingerprint density at radius 3 is 2.85 bits per heavy atom. The fourth-order valence-corrected chi connectivity index (χ4v) is 2.36. The molecule has 1 aliphatic heterocycles. The van der Waals surface area contributed by atoms with Crippen molar-refractivity contribution in [2.45, 2.75) is 32.2 Å². The van der Waals surface area contributed by atoms with Crippen LogP contribution in [0.15, 0.2) is 22.8 Å². The largest absolute Gasteiger partial charge is 0.461 e. The van der Waals surface area contributed by atoms with Gasteiger partial charge in [-0.2, -0.15) is 0 Å². The van der Waals surface area contributed by atoms with Crippen LogP contribution in [0.4, 0.5) is 0 Å². The van der Waals surface area contributed by atoms with Crippen molar-refractivity contribution in [3.63, 3.8) is 0 Å². The fraction of sp³-hybridized carbons (Fsp3) is 0.500. The first-order valence-electron chi connectivity index (χ1n) is 6.77. The third-order valence-corrected chi connectivity index (χ3v) is 3.39. The first-order chi connectivity index (χ1) is 9.63. The monoisotopic (exact) mass is 278 g/mol. The average molecular weight is 278 g/mol. The molecule has 1 N–H and O–H groups in total. The molecule has 2 rings (SSSR count). The molecule has 1 aliphatic rings. The van der Waals surface area contributed by atoms with Gasteiger partial charge in [-0.1, -0.05) is 6.92 Å².